The molecule has 4 nitrogen and oxygen atoms in total. The summed E-state index contributed by atoms with van der Waals surface area (Å²) >= 11 is 0. The molecular weight excluding hydrogens is 550 g/mol. The fourth-order valence-electron chi connectivity index (χ4n) is 6.81. The van der Waals surface area contributed by atoms with Crippen molar-refractivity contribution in [1.82, 2.24) is 15.0 Å². The maximum atomic E-state index is 6.34. The molecule has 0 amide bonds. The van der Waals surface area contributed by atoms with E-state index in [0.717, 1.165) is 27.8 Å². The second-order valence-electron chi connectivity index (χ2n) is 12.0. The highest BCUT2D eigenvalue weighted by molar-refractivity contribution is 5.87. The zero-order chi connectivity index (χ0) is 29.7. The predicted molar refractivity (Wildman–Crippen MR) is 181 cm³/mol. The van der Waals surface area contributed by atoms with Crippen LogP contribution in [0.5, 0.6) is 5.75 Å². The number of allylic oxidation sites excluding steroid dienone is 10. The molecule has 4 aliphatic rings. The monoisotopic (exact) mass is 579 g/mol. The van der Waals surface area contributed by atoms with Gasteiger partial charge in [-0.1, -0.05) is 134 Å². The average Bonchev–Trinajstić information content (AvgIpc) is 3.49. The minimum absolute atomic E-state index is 0.0840. The summed E-state index contributed by atoms with van der Waals surface area (Å²) in [6.45, 7) is 0. The average molecular weight is 580 g/mol. The Labute approximate surface area is 262 Å². The van der Waals surface area contributed by atoms with Gasteiger partial charge in [0.15, 0.2) is 17.5 Å². The van der Waals surface area contributed by atoms with Crippen molar-refractivity contribution in [1.29, 1.82) is 0 Å². The molecule has 0 fully saturated rings. The van der Waals surface area contributed by atoms with E-state index in [1.165, 1.54) is 22.1 Å². The van der Waals surface area contributed by atoms with Crippen molar-refractivity contribution in [3.63, 3.8) is 0 Å². The van der Waals surface area contributed by atoms with Crippen molar-refractivity contribution in [3.8, 4) is 17.1 Å². The molecule has 2 heterocycles. The molecule has 0 N–H and O–H groups in total. The molecule has 3 aliphatic carbocycles. The number of nitrogens with zero attached hydrogens (tertiary/aromatic N) is 3. The Morgan fingerprint density at radius 1 is 0.489 bits per heavy atom. The van der Waals surface area contributed by atoms with E-state index >= 15 is 0 Å². The van der Waals surface area contributed by atoms with Crippen LogP contribution in [0.2, 0.25) is 0 Å². The molecule has 1 aliphatic heterocycles. The third-order valence-electron chi connectivity index (χ3n) is 9.17. The van der Waals surface area contributed by atoms with E-state index in [4.69, 9.17) is 19.7 Å². The lowest BCUT2D eigenvalue weighted by molar-refractivity contribution is 0.269. The highest BCUT2D eigenvalue weighted by Crippen LogP contribution is 2.43. The Morgan fingerprint density at radius 3 is 1.98 bits per heavy atom. The van der Waals surface area contributed by atoms with Crippen LogP contribution >= 0.6 is 0 Å². The zero-order valence-corrected chi connectivity index (χ0v) is 24.5. The first-order chi connectivity index (χ1) is 22.2. The van der Waals surface area contributed by atoms with Crippen LogP contribution in [0.25, 0.3) is 38.9 Å². The number of benzene rings is 4. The molecular formula is C41H29N3O. The van der Waals surface area contributed by atoms with Crippen LogP contribution in [0.1, 0.15) is 28.7 Å². The highest BCUT2D eigenvalue weighted by atomic mass is 16.5. The van der Waals surface area contributed by atoms with Crippen LogP contribution in [0.3, 0.4) is 0 Å². The summed E-state index contributed by atoms with van der Waals surface area (Å²) in [6, 6.07) is 33.6. The quantitative estimate of drug-likeness (QED) is 0.213. The second-order valence-corrected chi connectivity index (χ2v) is 12.0. The Hall–Kier alpha value is -5.61. The lowest BCUT2D eigenvalue weighted by Gasteiger charge is -2.25. The van der Waals surface area contributed by atoms with Crippen LogP contribution in [-0.2, 0) is 0 Å². The SMILES string of the molecule is C1=CC2C=C(c3nc(C4=CC5Oc6ccccc6C5C=C4)nc(-c4ccc5ccccc5c4)n3)C=CC2C=C1c1ccccc1. The van der Waals surface area contributed by atoms with E-state index in [-0.39, 0.29) is 23.9 Å². The van der Waals surface area contributed by atoms with Gasteiger partial charge in [-0.05, 0) is 40.1 Å². The minimum atomic E-state index is -0.0840. The largest absolute Gasteiger partial charge is 0.485 e. The van der Waals surface area contributed by atoms with E-state index < -0.39 is 0 Å². The van der Waals surface area contributed by atoms with Gasteiger partial charge in [-0.25, -0.2) is 15.0 Å². The lowest BCUT2D eigenvalue weighted by atomic mass is 9.80. The molecule has 214 valence electrons. The molecule has 4 atom stereocenters. The molecule has 0 saturated carbocycles. The van der Waals surface area contributed by atoms with Crippen LogP contribution in [-0.4, -0.2) is 21.1 Å². The van der Waals surface area contributed by atoms with Crippen molar-refractivity contribution in [2.45, 2.75) is 12.0 Å². The number of rotatable bonds is 4. The third kappa shape index (κ3) is 4.67. The van der Waals surface area contributed by atoms with Gasteiger partial charge in [0, 0.05) is 40.0 Å². The van der Waals surface area contributed by atoms with Gasteiger partial charge in [-0.2, -0.15) is 0 Å². The summed E-state index contributed by atoms with van der Waals surface area (Å²) in [5, 5.41) is 2.34. The highest BCUT2D eigenvalue weighted by Gasteiger charge is 2.33. The van der Waals surface area contributed by atoms with Gasteiger partial charge in [-0.15, -0.1) is 0 Å². The van der Waals surface area contributed by atoms with Gasteiger partial charge in [0.2, 0.25) is 0 Å². The normalized spacial score (nSPS) is 22.5. The standard InChI is InChI=1S/C41H29N3O/c1-2-8-26(9-3-1)29-15-16-31-24-33(19-17-30(31)22-29)40-42-39(32-18-14-27-10-4-5-11-28(27)23-32)43-41(44-40)34-20-21-36-35-12-6-7-13-37(35)45-38(36)25-34/h1-25,30-31,36,38H. The number of hydrogen-bond donors (Lipinski definition) is 0. The minimum Gasteiger partial charge on any atom is -0.485 e. The van der Waals surface area contributed by atoms with Crippen molar-refractivity contribution < 1.29 is 4.74 Å². The number of ether oxygens (including phenoxy) is 1. The second kappa shape index (κ2) is 10.5. The van der Waals surface area contributed by atoms with E-state index in [1.54, 1.807) is 0 Å². The molecule has 1 aromatic heterocycles. The molecule has 45 heavy (non-hydrogen) atoms. The third-order valence-corrected chi connectivity index (χ3v) is 9.17. The van der Waals surface area contributed by atoms with E-state index in [9.17, 15) is 0 Å². The summed E-state index contributed by atoms with van der Waals surface area (Å²) in [6.07, 6.45) is 20.1. The van der Waals surface area contributed by atoms with E-state index in [0.29, 0.717) is 17.5 Å². The van der Waals surface area contributed by atoms with Crippen molar-refractivity contribution in [3.05, 3.63) is 175 Å². The van der Waals surface area contributed by atoms with Crippen LogP contribution in [0.15, 0.2) is 152 Å². The summed E-state index contributed by atoms with van der Waals surface area (Å²) in [4.78, 5) is 15.2. The van der Waals surface area contributed by atoms with Crippen molar-refractivity contribution >= 4 is 27.5 Å². The molecule has 9 rings (SSSR count). The van der Waals surface area contributed by atoms with Gasteiger partial charge in [0.1, 0.15) is 11.9 Å². The summed E-state index contributed by atoms with van der Waals surface area (Å²) in [7, 11) is 0. The first-order valence-electron chi connectivity index (χ1n) is 15.5. The maximum absolute atomic E-state index is 6.34. The topological polar surface area (TPSA) is 47.9 Å². The first kappa shape index (κ1) is 25.8. The number of fused-ring (bicyclic) bond motifs is 5. The van der Waals surface area contributed by atoms with Crippen molar-refractivity contribution in [2.24, 2.45) is 11.8 Å². The molecule has 4 heteroatoms. The Balaban J connectivity index is 1.11. The summed E-state index contributed by atoms with van der Waals surface area (Å²) < 4.78 is 6.34. The molecule has 4 aromatic carbocycles. The van der Waals surface area contributed by atoms with Crippen molar-refractivity contribution in [2.75, 3.05) is 0 Å². The van der Waals surface area contributed by atoms with Crippen LogP contribution < -0.4 is 4.74 Å². The summed E-state index contributed by atoms with van der Waals surface area (Å²) in [5.74, 6) is 3.66. The Bertz CT molecular complexity index is 2170. The van der Waals surface area contributed by atoms with Gasteiger partial charge in [0.05, 0.1) is 0 Å². The first-order valence-corrected chi connectivity index (χ1v) is 15.5. The molecule has 0 spiro atoms. The number of para-hydroxylation sites is 1. The van der Waals surface area contributed by atoms with Gasteiger partial charge in [0.25, 0.3) is 0 Å². The lowest BCUT2D eigenvalue weighted by Crippen LogP contribution is -2.18. The van der Waals surface area contributed by atoms with E-state index in [2.05, 4.69) is 140 Å². The van der Waals surface area contributed by atoms with Gasteiger partial charge >= 0.3 is 0 Å². The zero-order valence-electron chi connectivity index (χ0n) is 24.5. The fourth-order valence-corrected chi connectivity index (χ4v) is 6.81. The maximum Gasteiger partial charge on any atom is 0.164 e. The molecule has 4 unspecified atom stereocenters. The molecule has 0 bridgehead atoms. The summed E-state index contributed by atoms with van der Waals surface area (Å²) in [5.41, 5.74) is 6.63. The smallest absolute Gasteiger partial charge is 0.164 e. The fraction of sp³-hybridized carbons (Fsp3) is 0.0976. The number of hydrogen-bond acceptors (Lipinski definition) is 4. The number of aromatic nitrogens is 3. The Morgan fingerprint density at radius 2 is 1.13 bits per heavy atom. The molecule has 5 aromatic rings. The van der Waals surface area contributed by atoms with Crippen LogP contribution in [0, 0.1) is 11.8 Å². The van der Waals surface area contributed by atoms with Crippen LogP contribution in [0.4, 0.5) is 0 Å². The molecule has 0 saturated heterocycles. The Kier molecular flexibility index (Phi) is 6.05. The van der Waals surface area contributed by atoms with Gasteiger partial charge in [-0.3, -0.25) is 0 Å². The van der Waals surface area contributed by atoms with E-state index in [1.807, 2.05) is 12.1 Å². The molecule has 0 radical (unpaired) electrons. The van der Waals surface area contributed by atoms with Gasteiger partial charge < -0.3 is 4.74 Å². The predicted octanol–water partition coefficient (Wildman–Crippen LogP) is 9.03.